The van der Waals surface area contributed by atoms with Crippen LogP contribution in [0.3, 0.4) is 0 Å². The van der Waals surface area contributed by atoms with Gasteiger partial charge in [-0.05, 0) is 43.5 Å². The molecule has 5 heteroatoms. The Hall–Kier alpha value is -1.59. The highest BCUT2D eigenvalue weighted by molar-refractivity contribution is 7.85. The Labute approximate surface area is 151 Å². The number of hydrogen-bond donors (Lipinski definition) is 1. The van der Waals surface area contributed by atoms with Gasteiger partial charge in [-0.25, -0.2) is 0 Å². The lowest BCUT2D eigenvalue weighted by Crippen LogP contribution is -2.53. The zero-order valence-electron chi connectivity index (χ0n) is 15.0. The smallest absolute Gasteiger partial charge is 0.156 e. The average Bonchev–Trinajstić information content (AvgIpc) is 2.94. The lowest BCUT2D eigenvalue weighted by molar-refractivity contribution is -0.124. The van der Waals surface area contributed by atoms with Crippen LogP contribution in [0, 0.1) is 18.8 Å². The first-order chi connectivity index (χ1) is 11.9. The van der Waals surface area contributed by atoms with Crippen LogP contribution >= 0.6 is 0 Å². The van der Waals surface area contributed by atoms with E-state index >= 15 is 0 Å². The van der Waals surface area contributed by atoms with Gasteiger partial charge < -0.3 is 5.32 Å². The van der Waals surface area contributed by atoms with Crippen LogP contribution in [0.4, 0.5) is 0 Å². The zero-order valence-corrected chi connectivity index (χ0v) is 15.8. The van der Waals surface area contributed by atoms with Gasteiger partial charge in [0, 0.05) is 30.2 Å². The number of Topliss-reactive ketones (excluding diaryl/α,β-unsaturated/α-hetero) is 1. The van der Waals surface area contributed by atoms with Gasteiger partial charge in [-0.15, -0.1) is 0 Å². The van der Waals surface area contributed by atoms with E-state index in [-0.39, 0.29) is 23.4 Å². The number of nitrogens with one attached hydrogen (secondary N) is 1. The molecule has 1 heterocycles. The summed E-state index contributed by atoms with van der Waals surface area (Å²) in [5.41, 5.74) is 1.50. The lowest BCUT2D eigenvalue weighted by atomic mass is 9.69. The Bertz CT molecular complexity index is 753. The Morgan fingerprint density at radius 1 is 1.28 bits per heavy atom. The Morgan fingerprint density at radius 3 is 2.60 bits per heavy atom. The van der Waals surface area contributed by atoms with Gasteiger partial charge in [0.15, 0.2) is 5.78 Å². The fourth-order valence-corrected chi connectivity index (χ4v) is 5.72. The third kappa shape index (κ3) is 3.27. The SMILES string of the molecule is CCC(=O)[C@H]1CN[C@]2(C[S@@](=O)c3ccc(C)cc3)C(C)=CC(=O)C[C@H]12. The molecule has 1 saturated heterocycles. The molecule has 1 aliphatic heterocycles. The monoisotopic (exact) mass is 359 g/mol. The van der Waals surface area contributed by atoms with E-state index in [9.17, 15) is 13.8 Å². The molecule has 0 unspecified atom stereocenters. The van der Waals surface area contributed by atoms with Crippen molar-refractivity contribution >= 4 is 22.4 Å². The number of carbonyl (C=O) groups is 2. The van der Waals surface area contributed by atoms with E-state index in [1.54, 1.807) is 6.08 Å². The summed E-state index contributed by atoms with van der Waals surface area (Å²) in [6, 6.07) is 7.71. The average molecular weight is 359 g/mol. The van der Waals surface area contributed by atoms with Crippen LogP contribution in [0.1, 0.15) is 32.3 Å². The standard InChI is InChI=1S/C20H25NO3S/c1-4-19(23)17-11-21-20(14(3)9-15(22)10-18(17)20)12-25(24)16-7-5-13(2)6-8-16/h5-9,17-18,21H,4,10-12H2,1-3H3/t17-,18+,20+,25+/m0/s1. The molecule has 1 fully saturated rings. The van der Waals surface area contributed by atoms with Gasteiger partial charge in [-0.1, -0.05) is 24.6 Å². The predicted octanol–water partition coefficient (Wildman–Crippen LogP) is 2.58. The normalized spacial score (nSPS) is 29.9. The maximum Gasteiger partial charge on any atom is 0.156 e. The fraction of sp³-hybridized carbons (Fsp3) is 0.500. The number of aryl methyl sites for hydroxylation is 1. The highest BCUT2D eigenvalue weighted by atomic mass is 32.2. The highest BCUT2D eigenvalue weighted by Crippen LogP contribution is 2.44. The molecule has 1 aromatic carbocycles. The topological polar surface area (TPSA) is 63.2 Å². The molecule has 0 bridgehead atoms. The zero-order chi connectivity index (χ0) is 18.2. The van der Waals surface area contributed by atoms with Crippen molar-refractivity contribution in [3.05, 3.63) is 41.5 Å². The molecule has 0 saturated carbocycles. The molecule has 1 aliphatic carbocycles. The molecule has 0 amide bonds. The quantitative estimate of drug-likeness (QED) is 0.878. The van der Waals surface area contributed by atoms with Crippen LogP contribution in [0.25, 0.3) is 0 Å². The molecule has 3 rings (SSSR count). The summed E-state index contributed by atoms with van der Waals surface area (Å²) in [5.74, 6) is 0.364. The van der Waals surface area contributed by atoms with E-state index in [0.29, 0.717) is 25.1 Å². The first kappa shape index (κ1) is 18.2. The van der Waals surface area contributed by atoms with Crippen molar-refractivity contribution in [3.8, 4) is 0 Å². The fourth-order valence-electron chi connectivity index (χ4n) is 4.16. The van der Waals surface area contributed by atoms with Crippen molar-refractivity contribution in [1.29, 1.82) is 0 Å². The molecule has 1 aromatic rings. The van der Waals surface area contributed by atoms with Crippen molar-refractivity contribution in [3.63, 3.8) is 0 Å². The van der Waals surface area contributed by atoms with Gasteiger partial charge in [-0.2, -0.15) is 0 Å². The second-order valence-electron chi connectivity index (χ2n) is 7.19. The van der Waals surface area contributed by atoms with Gasteiger partial charge in [-0.3, -0.25) is 13.8 Å². The summed E-state index contributed by atoms with van der Waals surface area (Å²) in [6.07, 6.45) is 2.48. The second-order valence-corrected chi connectivity index (χ2v) is 8.64. The van der Waals surface area contributed by atoms with Gasteiger partial charge >= 0.3 is 0 Å². The van der Waals surface area contributed by atoms with E-state index in [1.165, 1.54) is 0 Å². The summed E-state index contributed by atoms with van der Waals surface area (Å²) in [4.78, 5) is 25.3. The summed E-state index contributed by atoms with van der Waals surface area (Å²) >= 11 is 0. The highest BCUT2D eigenvalue weighted by Gasteiger charge is 2.54. The minimum Gasteiger partial charge on any atom is -0.306 e. The molecule has 134 valence electrons. The van der Waals surface area contributed by atoms with Crippen LogP contribution in [-0.2, 0) is 20.4 Å². The number of hydrogen-bond acceptors (Lipinski definition) is 4. The number of rotatable bonds is 5. The molecule has 4 atom stereocenters. The molecule has 2 aliphatic rings. The maximum atomic E-state index is 13.0. The number of ketones is 2. The van der Waals surface area contributed by atoms with Crippen LogP contribution in [-0.4, -0.2) is 33.6 Å². The van der Waals surface area contributed by atoms with Gasteiger partial charge in [0.05, 0.1) is 22.1 Å². The van der Waals surface area contributed by atoms with Crippen molar-refractivity contribution in [2.24, 2.45) is 11.8 Å². The van der Waals surface area contributed by atoms with Crippen molar-refractivity contribution in [2.75, 3.05) is 12.3 Å². The third-order valence-electron chi connectivity index (χ3n) is 5.66. The van der Waals surface area contributed by atoms with Gasteiger partial charge in [0.25, 0.3) is 0 Å². The minimum absolute atomic E-state index is 0.0665. The van der Waals surface area contributed by atoms with Crippen molar-refractivity contribution < 1.29 is 13.8 Å². The van der Waals surface area contributed by atoms with Gasteiger partial charge in [0.1, 0.15) is 5.78 Å². The summed E-state index contributed by atoms with van der Waals surface area (Å²) in [7, 11) is -1.20. The van der Waals surface area contributed by atoms with Crippen LogP contribution < -0.4 is 5.32 Å². The summed E-state index contributed by atoms with van der Waals surface area (Å²) < 4.78 is 13.0. The van der Waals surface area contributed by atoms with Crippen molar-refractivity contribution in [1.82, 2.24) is 5.32 Å². The number of benzene rings is 1. The minimum atomic E-state index is -1.20. The summed E-state index contributed by atoms with van der Waals surface area (Å²) in [5, 5.41) is 3.49. The Kier molecular flexibility index (Phi) is 5.07. The first-order valence-electron chi connectivity index (χ1n) is 8.81. The third-order valence-corrected chi connectivity index (χ3v) is 7.18. The first-order valence-corrected chi connectivity index (χ1v) is 10.1. The molecule has 0 radical (unpaired) electrons. The largest absolute Gasteiger partial charge is 0.306 e. The summed E-state index contributed by atoms with van der Waals surface area (Å²) in [6.45, 7) is 6.34. The Balaban J connectivity index is 1.93. The molecule has 0 spiro atoms. The molecular formula is C20H25NO3S. The van der Waals surface area contributed by atoms with Gasteiger partial charge in [0.2, 0.25) is 0 Å². The molecule has 1 N–H and O–H groups in total. The number of carbonyl (C=O) groups excluding carboxylic acids is 2. The predicted molar refractivity (Wildman–Crippen MR) is 98.8 cm³/mol. The van der Waals surface area contributed by atoms with E-state index in [2.05, 4.69) is 5.32 Å². The maximum absolute atomic E-state index is 13.0. The van der Waals surface area contributed by atoms with Crippen molar-refractivity contribution in [2.45, 2.75) is 44.0 Å². The van der Waals surface area contributed by atoms with Crippen LogP contribution in [0.2, 0.25) is 0 Å². The van der Waals surface area contributed by atoms with Crippen LogP contribution in [0.5, 0.6) is 0 Å². The van der Waals surface area contributed by atoms with E-state index in [4.69, 9.17) is 0 Å². The van der Waals surface area contributed by atoms with E-state index < -0.39 is 16.3 Å². The van der Waals surface area contributed by atoms with E-state index in [1.807, 2.05) is 45.0 Å². The molecule has 25 heavy (non-hydrogen) atoms. The Morgan fingerprint density at radius 2 is 1.96 bits per heavy atom. The number of allylic oxidation sites excluding steroid dienone is 1. The number of fused-ring (bicyclic) bond motifs is 1. The lowest BCUT2D eigenvalue weighted by Gasteiger charge is -2.40. The second kappa shape index (κ2) is 6.96. The molecule has 0 aromatic heterocycles. The van der Waals surface area contributed by atoms with E-state index in [0.717, 1.165) is 16.0 Å². The molecular weight excluding hydrogens is 334 g/mol. The van der Waals surface area contributed by atoms with Crippen LogP contribution in [0.15, 0.2) is 40.8 Å². The molecule has 4 nitrogen and oxygen atoms in total.